The maximum atomic E-state index is 12.9. The van der Waals surface area contributed by atoms with Gasteiger partial charge in [-0.15, -0.1) is 0 Å². The van der Waals surface area contributed by atoms with Crippen LogP contribution in [-0.2, 0) is 9.47 Å². The van der Waals surface area contributed by atoms with E-state index in [1.165, 1.54) is 6.92 Å². The van der Waals surface area contributed by atoms with Crippen molar-refractivity contribution in [1.29, 1.82) is 0 Å². The lowest BCUT2D eigenvalue weighted by molar-refractivity contribution is 0.0318. The highest BCUT2D eigenvalue weighted by molar-refractivity contribution is 6.07. The average molecular weight is 410 g/mol. The summed E-state index contributed by atoms with van der Waals surface area (Å²) >= 11 is 0. The van der Waals surface area contributed by atoms with Crippen LogP contribution in [0, 0.1) is 13.8 Å². The van der Waals surface area contributed by atoms with Gasteiger partial charge in [0.1, 0.15) is 0 Å². The Balaban J connectivity index is 1.87. The Morgan fingerprint density at radius 3 is 2.47 bits per heavy atom. The first kappa shape index (κ1) is 21.0. The van der Waals surface area contributed by atoms with Crippen molar-refractivity contribution in [3.05, 3.63) is 68.8 Å². The summed E-state index contributed by atoms with van der Waals surface area (Å²) in [6, 6.07) is 7.96. The molecule has 0 aliphatic heterocycles. The topological polar surface area (TPSA) is 118 Å². The highest BCUT2D eigenvalue weighted by Gasteiger charge is 2.28. The van der Waals surface area contributed by atoms with Crippen LogP contribution in [0.25, 0.3) is 10.9 Å². The van der Waals surface area contributed by atoms with E-state index in [1.54, 1.807) is 45.0 Å². The Kier molecular flexibility index (Phi) is 5.86. The first-order valence-electron chi connectivity index (χ1n) is 9.48. The first-order chi connectivity index (χ1) is 14.2. The van der Waals surface area contributed by atoms with Gasteiger partial charge in [0, 0.05) is 22.7 Å². The predicted octanol–water partition coefficient (Wildman–Crippen LogP) is 3.08. The third kappa shape index (κ3) is 3.89. The second-order valence-electron chi connectivity index (χ2n) is 6.85. The van der Waals surface area contributed by atoms with Crippen LogP contribution in [-0.4, -0.2) is 40.4 Å². The molecule has 2 N–H and O–H groups in total. The fraction of sp³-hybridized carbons (Fsp3) is 0.273. The number of aryl methyl sites for hydroxylation is 1. The molecule has 156 valence electrons. The molecule has 3 rings (SSSR count). The summed E-state index contributed by atoms with van der Waals surface area (Å²) < 4.78 is 10.4. The van der Waals surface area contributed by atoms with Crippen LogP contribution in [0.5, 0.6) is 0 Å². The Hall–Kier alpha value is -3.68. The number of rotatable bonds is 6. The number of hydrogen-bond acceptors (Lipinski definition) is 6. The van der Waals surface area contributed by atoms with Crippen LogP contribution in [0.15, 0.2) is 35.1 Å². The molecule has 0 saturated heterocycles. The van der Waals surface area contributed by atoms with Crippen molar-refractivity contribution in [2.24, 2.45) is 0 Å². The summed E-state index contributed by atoms with van der Waals surface area (Å²) in [7, 11) is 0. The molecule has 0 spiro atoms. The van der Waals surface area contributed by atoms with E-state index in [4.69, 9.17) is 9.47 Å². The highest BCUT2D eigenvalue weighted by atomic mass is 16.5. The molecule has 0 unspecified atom stereocenters. The molecule has 2 aromatic heterocycles. The molecule has 30 heavy (non-hydrogen) atoms. The number of para-hydroxylation sites is 1. The quantitative estimate of drug-likeness (QED) is 0.476. The fourth-order valence-corrected chi connectivity index (χ4v) is 3.36. The Morgan fingerprint density at radius 1 is 1.07 bits per heavy atom. The molecule has 3 aromatic rings. The normalized spacial score (nSPS) is 11.9. The number of pyridine rings is 1. The van der Waals surface area contributed by atoms with Crippen molar-refractivity contribution >= 4 is 28.6 Å². The summed E-state index contributed by atoms with van der Waals surface area (Å²) in [5.41, 5.74) is 1.50. The zero-order valence-corrected chi connectivity index (χ0v) is 17.1. The zero-order valence-electron chi connectivity index (χ0n) is 17.1. The van der Waals surface area contributed by atoms with Gasteiger partial charge in [0.15, 0.2) is 6.10 Å². The van der Waals surface area contributed by atoms with Gasteiger partial charge in [0.2, 0.25) is 11.3 Å². The van der Waals surface area contributed by atoms with Crippen molar-refractivity contribution in [1.82, 2.24) is 9.97 Å². The number of carbonyl (C=O) groups excluding carboxylic acids is 3. The largest absolute Gasteiger partial charge is 0.462 e. The summed E-state index contributed by atoms with van der Waals surface area (Å²) in [5, 5.41) is 0.512. The molecular formula is C22H22N2O6. The lowest BCUT2D eigenvalue weighted by atomic mass is 10.1. The molecule has 0 saturated carbocycles. The third-order valence-corrected chi connectivity index (χ3v) is 4.79. The lowest BCUT2D eigenvalue weighted by Gasteiger charge is -2.13. The molecule has 0 bridgehead atoms. The van der Waals surface area contributed by atoms with E-state index in [0.717, 1.165) is 6.07 Å². The fourth-order valence-electron chi connectivity index (χ4n) is 3.36. The molecule has 0 amide bonds. The summed E-state index contributed by atoms with van der Waals surface area (Å²) in [6.45, 7) is 6.64. The van der Waals surface area contributed by atoms with E-state index in [9.17, 15) is 19.2 Å². The van der Waals surface area contributed by atoms with Gasteiger partial charge >= 0.3 is 11.9 Å². The van der Waals surface area contributed by atoms with E-state index >= 15 is 0 Å². The minimum Gasteiger partial charge on any atom is -0.462 e. The molecule has 8 heteroatoms. The molecule has 0 radical (unpaired) electrons. The van der Waals surface area contributed by atoms with E-state index in [-0.39, 0.29) is 17.9 Å². The van der Waals surface area contributed by atoms with Crippen LogP contribution in [0.4, 0.5) is 0 Å². The van der Waals surface area contributed by atoms with Gasteiger partial charge in [-0.2, -0.15) is 0 Å². The van der Waals surface area contributed by atoms with Gasteiger partial charge in [0.05, 0.1) is 23.4 Å². The highest BCUT2D eigenvalue weighted by Crippen LogP contribution is 2.22. The average Bonchev–Trinajstić information content (AvgIpc) is 3.00. The standard InChI is InChI=1S/C22H22N2O6/c1-5-29-22(28)18-11(2)19(23-12(18)3)20(26)13(4)30-21(27)15-10-17(25)24-16-9-7-6-8-14(15)16/h6-10,13,23H,5H2,1-4H3,(H,24,25)/t13-/m0/s1. The number of nitrogens with one attached hydrogen (secondary N) is 2. The second-order valence-corrected chi connectivity index (χ2v) is 6.85. The monoisotopic (exact) mass is 410 g/mol. The maximum Gasteiger partial charge on any atom is 0.340 e. The van der Waals surface area contributed by atoms with Crippen LogP contribution in [0.3, 0.4) is 0 Å². The van der Waals surface area contributed by atoms with E-state index in [2.05, 4.69) is 9.97 Å². The van der Waals surface area contributed by atoms with Crippen LogP contribution >= 0.6 is 0 Å². The molecule has 2 heterocycles. The molecule has 0 fully saturated rings. The van der Waals surface area contributed by atoms with Crippen LogP contribution < -0.4 is 5.56 Å². The number of aromatic amines is 2. The number of benzene rings is 1. The Labute approximate surface area is 172 Å². The summed E-state index contributed by atoms with van der Waals surface area (Å²) in [5.74, 6) is -1.80. The number of esters is 2. The van der Waals surface area contributed by atoms with Gasteiger partial charge in [0.25, 0.3) is 0 Å². The number of H-pyrrole nitrogens is 2. The predicted molar refractivity (Wildman–Crippen MR) is 110 cm³/mol. The van der Waals surface area contributed by atoms with Crippen molar-refractivity contribution in [2.45, 2.75) is 33.8 Å². The number of ether oxygens (including phenoxy) is 2. The number of hydrogen-bond donors (Lipinski definition) is 2. The van der Waals surface area contributed by atoms with E-state index in [1.807, 2.05) is 0 Å². The lowest BCUT2D eigenvalue weighted by Crippen LogP contribution is -2.26. The van der Waals surface area contributed by atoms with Crippen molar-refractivity contribution in [2.75, 3.05) is 6.61 Å². The minimum absolute atomic E-state index is 0.0700. The van der Waals surface area contributed by atoms with Crippen molar-refractivity contribution in [3.8, 4) is 0 Å². The number of Topliss-reactive ketones (excluding diaryl/α,β-unsaturated/α-hetero) is 1. The van der Waals surface area contributed by atoms with Crippen molar-refractivity contribution < 1.29 is 23.9 Å². The van der Waals surface area contributed by atoms with Gasteiger partial charge < -0.3 is 19.4 Å². The van der Waals surface area contributed by atoms with Gasteiger partial charge in [-0.25, -0.2) is 9.59 Å². The van der Waals surface area contributed by atoms with Crippen molar-refractivity contribution in [3.63, 3.8) is 0 Å². The number of ketones is 1. The van der Waals surface area contributed by atoms with Gasteiger partial charge in [-0.05, 0) is 39.3 Å². The molecule has 1 aromatic carbocycles. The summed E-state index contributed by atoms with van der Waals surface area (Å²) in [4.78, 5) is 55.1. The molecule has 8 nitrogen and oxygen atoms in total. The zero-order chi connectivity index (χ0) is 22.0. The van der Waals surface area contributed by atoms with E-state index in [0.29, 0.717) is 27.7 Å². The third-order valence-electron chi connectivity index (χ3n) is 4.79. The van der Waals surface area contributed by atoms with Crippen LogP contribution in [0.1, 0.15) is 56.3 Å². The molecular weight excluding hydrogens is 388 g/mol. The number of aromatic nitrogens is 2. The molecule has 0 aliphatic carbocycles. The SMILES string of the molecule is CCOC(=O)c1c(C)[nH]c(C(=O)[C@H](C)OC(=O)c2cc(=O)[nH]c3ccccc23)c1C. The first-order valence-corrected chi connectivity index (χ1v) is 9.48. The minimum atomic E-state index is -1.14. The molecule has 0 aliphatic rings. The van der Waals surface area contributed by atoms with Crippen LogP contribution in [0.2, 0.25) is 0 Å². The second kappa shape index (κ2) is 8.36. The van der Waals surface area contributed by atoms with E-state index < -0.39 is 29.4 Å². The summed E-state index contributed by atoms with van der Waals surface area (Å²) in [6.07, 6.45) is -1.14. The smallest absolute Gasteiger partial charge is 0.340 e. The Bertz CT molecular complexity index is 1200. The maximum absolute atomic E-state index is 12.9. The van der Waals surface area contributed by atoms with Gasteiger partial charge in [-0.1, -0.05) is 18.2 Å². The Morgan fingerprint density at radius 2 is 1.77 bits per heavy atom. The number of carbonyl (C=O) groups is 3. The molecule has 1 atom stereocenters. The number of fused-ring (bicyclic) bond motifs is 1. The van der Waals surface area contributed by atoms with Gasteiger partial charge in [-0.3, -0.25) is 9.59 Å².